The molecule has 0 aliphatic rings. The first kappa shape index (κ1) is 11.3. The first-order valence-corrected chi connectivity index (χ1v) is 6.57. The summed E-state index contributed by atoms with van der Waals surface area (Å²) in [6.45, 7) is 6.51. The maximum Gasteiger partial charge on any atom is 0.0877 e. The van der Waals surface area contributed by atoms with Crippen LogP contribution in [0.15, 0.2) is 30.5 Å². The van der Waals surface area contributed by atoms with Crippen LogP contribution in [0.1, 0.15) is 30.2 Å². The van der Waals surface area contributed by atoms with E-state index in [0.29, 0.717) is 0 Å². The van der Waals surface area contributed by atoms with E-state index in [9.17, 15) is 0 Å². The maximum absolute atomic E-state index is 4.85. The Morgan fingerprint density at radius 3 is 2.67 bits per heavy atom. The molecule has 0 saturated heterocycles. The number of nitrogens with zero attached hydrogens (tertiary/aromatic N) is 2. The van der Waals surface area contributed by atoms with Crippen LogP contribution in [0.3, 0.4) is 0 Å². The molecule has 0 N–H and O–H groups in total. The van der Waals surface area contributed by atoms with Crippen molar-refractivity contribution in [2.45, 2.75) is 33.6 Å². The van der Waals surface area contributed by atoms with Gasteiger partial charge in [0.25, 0.3) is 0 Å². The lowest BCUT2D eigenvalue weighted by atomic mass is 10.1. The monoisotopic (exact) mass is 238 g/mol. The Balaban J connectivity index is 2.43. The number of fused-ring (bicyclic) bond motifs is 3. The molecule has 0 unspecified atom stereocenters. The average molecular weight is 238 g/mol. The van der Waals surface area contributed by atoms with Crippen LogP contribution >= 0.6 is 0 Å². The highest BCUT2D eigenvalue weighted by atomic mass is 14.9. The lowest BCUT2D eigenvalue weighted by molar-refractivity contribution is 0.890. The number of aromatic nitrogens is 2. The first-order chi connectivity index (χ1) is 8.70. The number of aryl methyl sites for hydroxylation is 3. The molecule has 18 heavy (non-hydrogen) atoms. The molecular weight excluding hydrogens is 220 g/mol. The van der Waals surface area contributed by atoms with Crippen LogP contribution in [0.25, 0.3) is 16.6 Å². The molecule has 0 fully saturated rings. The van der Waals surface area contributed by atoms with E-state index in [1.165, 1.54) is 27.9 Å². The van der Waals surface area contributed by atoms with Gasteiger partial charge in [-0.1, -0.05) is 13.3 Å². The summed E-state index contributed by atoms with van der Waals surface area (Å²) in [5.41, 5.74) is 7.39. The third-order valence-electron chi connectivity index (χ3n) is 3.64. The molecule has 2 heteroatoms. The Morgan fingerprint density at radius 2 is 1.89 bits per heavy atom. The molecule has 0 spiro atoms. The van der Waals surface area contributed by atoms with Gasteiger partial charge < -0.3 is 4.40 Å². The third kappa shape index (κ3) is 1.60. The number of hydrogen-bond donors (Lipinski definition) is 0. The Kier molecular flexibility index (Phi) is 2.58. The summed E-state index contributed by atoms with van der Waals surface area (Å²) in [6.07, 6.45) is 4.30. The van der Waals surface area contributed by atoms with Gasteiger partial charge >= 0.3 is 0 Å². The zero-order valence-electron chi connectivity index (χ0n) is 11.2. The van der Waals surface area contributed by atoms with Crippen molar-refractivity contribution in [2.24, 2.45) is 0 Å². The van der Waals surface area contributed by atoms with E-state index in [0.717, 1.165) is 18.4 Å². The predicted molar refractivity (Wildman–Crippen MR) is 76.2 cm³/mol. The molecule has 0 amide bonds. The van der Waals surface area contributed by atoms with Gasteiger partial charge in [-0.25, -0.2) is 4.98 Å². The lowest BCUT2D eigenvalue weighted by Gasteiger charge is -2.10. The van der Waals surface area contributed by atoms with Crippen LogP contribution in [-0.2, 0) is 6.42 Å². The Hall–Kier alpha value is -1.83. The fraction of sp³-hybridized carbons (Fsp3) is 0.312. The van der Waals surface area contributed by atoms with Crippen molar-refractivity contribution >= 4 is 16.6 Å². The van der Waals surface area contributed by atoms with Crippen molar-refractivity contribution in [2.75, 3.05) is 0 Å². The normalized spacial score (nSPS) is 11.5. The number of benzene rings is 1. The van der Waals surface area contributed by atoms with Crippen LogP contribution in [0.4, 0.5) is 0 Å². The molecule has 0 bridgehead atoms. The topological polar surface area (TPSA) is 17.3 Å². The van der Waals surface area contributed by atoms with Crippen molar-refractivity contribution < 1.29 is 0 Å². The van der Waals surface area contributed by atoms with Crippen molar-refractivity contribution in [3.8, 4) is 0 Å². The maximum atomic E-state index is 4.85. The van der Waals surface area contributed by atoms with Gasteiger partial charge in [0, 0.05) is 6.20 Å². The fourth-order valence-electron chi connectivity index (χ4n) is 2.52. The highest BCUT2D eigenvalue weighted by Crippen LogP contribution is 2.22. The minimum atomic E-state index is 1.04. The number of hydrogen-bond acceptors (Lipinski definition) is 1. The van der Waals surface area contributed by atoms with Gasteiger partial charge in [-0.2, -0.15) is 0 Å². The molecule has 2 nitrogen and oxygen atoms in total. The summed E-state index contributed by atoms with van der Waals surface area (Å²) in [7, 11) is 0. The van der Waals surface area contributed by atoms with Gasteiger partial charge in [0.2, 0.25) is 0 Å². The Bertz CT molecular complexity index is 723. The Morgan fingerprint density at radius 1 is 1.11 bits per heavy atom. The van der Waals surface area contributed by atoms with Crippen LogP contribution in [0, 0.1) is 13.8 Å². The molecule has 0 aliphatic carbocycles. The summed E-state index contributed by atoms with van der Waals surface area (Å²) >= 11 is 0. The van der Waals surface area contributed by atoms with Crippen LogP contribution in [0.5, 0.6) is 0 Å². The second-order valence-corrected chi connectivity index (χ2v) is 5.00. The van der Waals surface area contributed by atoms with Gasteiger partial charge in [0.1, 0.15) is 0 Å². The summed E-state index contributed by atoms with van der Waals surface area (Å²) in [5.74, 6) is 0. The Labute approximate surface area is 107 Å². The van der Waals surface area contributed by atoms with E-state index < -0.39 is 0 Å². The van der Waals surface area contributed by atoms with E-state index in [1.807, 2.05) is 0 Å². The van der Waals surface area contributed by atoms with Crippen LogP contribution < -0.4 is 0 Å². The van der Waals surface area contributed by atoms with E-state index in [4.69, 9.17) is 4.98 Å². The highest BCUT2D eigenvalue weighted by Gasteiger charge is 2.08. The standard InChI is InChI=1S/C16H18N2/c1-4-6-13-15-7-5-8-18(15)16-10-12(3)11(2)9-14(16)17-13/h5,7-10H,4,6H2,1-3H3. The van der Waals surface area contributed by atoms with Crippen molar-refractivity contribution in [1.29, 1.82) is 0 Å². The first-order valence-electron chi connectivity index (χ1n) is 6.57. The smallest absolute Gasteiger partial charge is 0.0877 e. The zero-order chi connectivity index (χ0) is 12.7. The molecule has 0 radical (unpaired) electrons. The predicted octanol–water partition coefficient (Wildman–Crippen LogP) is 4.06. The zero-order valence-corrected chi connectivity index (χ0v) is 11.2. The van der Waals surface area contributed by atoms with Crippen molar-refractivity contribution in [3.05, 3.63) is 47.3 Å². The molecule has 3 aromatic rings. The molecular formula is C16H18N2. The number of rotatable bonds is 2. The van der Waals surface area contributed by atoms with Gasteiger partial charge in [-0.15, -0.1) is 0 Å². The third-order valence-corrected chi connectivity index (χ3v) is 3.64. The quantitative estimate of drug-likeness (QED) is 0.658. The largest absolute Gasteiger partial charge is 0.313 e. The van der Waals surface area contributed by atoms with Gasteiger partial charge in [0.15, 0.2) is 0 Å². The molecule has 0 aliphatic heterocycles. The van der Waals surface area contributed by atoms with Gasteiger partial charge in [-0.3, -0.25) is 0 Å². The molecule has 3 rings (SSSR count). The summed E-state index contributed by atoms with van der Waals surface area (Å²) < 4.78 is 2.26. The minimum Gasteiger partial charge on any atom is -0.313 e. The molecule has 0 saturated carbocycles. The van der Waals surface area contributed by atoms with Crippen LogP contribution in [0.2, 0.25) is 0 Å². The summed E-state index contributed by atoms with van der Waals surface area (Å²) in [6, 6.07) is 8.70. The van der Waals surface area contributed by atoms with Crippen LogP contribution in [-0.4, -0.2) is 9.38 Å². The van der Waals surface area contributed by atoms with E-state index in [2.05, 4.69) is 55.6 Å². The SMILES string of the molecule is CCCc1nc2cc(C)c(C)cc2n2cccc12. The van der Waals surface area contributed by atoms with Gasteiger partial charge in [0.05, 0.1) is 22.2 Å². The fourth-order valence-corrected chi connectivity index (χ4v) is 2.52. The summed E-state index contributed by atoms with van der Waals surface area (Å²) in [4.78, 5) is 4.85. The molecule has 1 aromatic carbocycles. The van der Waals surface area contributed by atoms with E-state index >= 15 is 0 Å². The van der Waals surface area contributed by atoms with E-state index in [1.54, 1.807) is 0 Å². The molecule has 0 atom stereocenters. The second kappa shape index (κ2) is 4.13. The van der Waals surface area contributed by atoms with Gasteiger partial charge in [-0.05, 0) is 55.7 Å². The molecule has 92 valence electrons. The van der Waals surface area contributed by atoms with Crippen molar-refractivity contribution in [3.63, 3.8) is 0 Å². The highest BCUT2D eigenvalue weighted by molar-refractivity contribution is 5.81. The average Bonchev–Trinajstić information content (AvgIpc) is 2.82. The van der Waals surface area contributed by atoms with Crippen molar-refractivity contribution in [1.82, 2.24) is 9.38 Å². The minimum absolute atomic E-state index is 1.04. The molecule has 2 heterocycles. The summed E-state index contributed by atoms with van der Waals surface area (Å²) in [5, 5.41) is 0. The second-order valence-electron chi connectivity index (χ2n) is 5.00. The molecule has 2 aromatic heterocycles. The lowest BCUT2D eigenvalue weighted by Crippen LogP contribution is -1.99. The van der Waals surface area contributed by atoms with E-state index in [-0.39, 0.29) is 0 Å².